The fraction of sp³-hybridized carbons (Fsp3) is 0.455. The van der Waals surface area contributed by atoms with Crippen LogP contribution in [0, 0.1) is 0 Å². The molecule has 0 radical (unpaired) electrons. The Morgan fingerprint density at radius 2 is 2.06 bits per heavy atom. The van der Waals surface area contributed by atoms with Gasteiger partial charge in [0, 0.05) is 17.8 Å². The summed E-state index contributed by atoms with van der Waals surface area (Å²) in [5.74, 6) is -0.108. The standard InChI is InChI=1S/C11H16ClNO4S/c1-16-5-6-17-7-8-18(14,15)13-11-4-2-3-10(12)9-11/h2-4,9,13H,5-8H2,1H3. The lowest BCUT2D eigenvalue weighted by molar-refractivity contribution is 0.0785. The van der Waals surface area contributed by atoms with Crippen molar-refractivity contribution in [2.24, 2.45) is 0 Å². The summed E-state index contributed by atoms with van der Waals surface area (Å²) in [4.78, 5) is 0. The highest BCUT2D eigenvalue weighted by atomic mass is 35.5. The molecule has 0 aromatic heterocycles. The number of rotatable bonds is 8. The molecule has 1 N–H and O–H groups in total. The van der Waals surface area contributed by atoms with Crippen LogP contribution in [0.4, 0.5) is 5.69 Å². The normalized spacial score (nSPS) is 11.4. The summed E-state index contributed by atoms with van der Waals surface area (Å²) in [6, 6.07) is 6.53. The van der Waals surface area contributed by atoms with Gasteiger partial charge in [0.05, 0.1) is 25.6 Å². The molecule has 1 aromatic carbocycles. The van der Waals surface area contributed by atoms with E-state index in [0.717, 1.165) is 0 Å². The van der Waals surface area contributed by atoms with E-state index in [9.17, 15) is 8.42 Å². The molecule has 0 aliphatic carbocycles. The first-order valence-electron chi connectivity index (χ1n) is 5.36. The molecule has 0 heterocycles. The zero-order chi connectivity index (χ0) is 13.4. The monoisotopic (exact) mass is 293 g/mol. The molecule has 18 heavy (non-hydrogen) atoms. The van der Waals surface area contributed by atoms with Crippen LogP contribution in [0.15, 0.2) is 24.3 Å². The van der Waals surface area contributed by atoms with Crippen LogP contribution < -0.4 is 4.72 Å². The number of sulfonamides is 1. The van der Waals surface area contributed by atoms with Crippen molar-refractivity contribution >= 4 is 27.3 Å². The highest BCUT2D eigenvalue weighted by Gasteiger charge is 2.10. The topological polar surface area (TPSA) is 64.6 Å². The molecule has 0 saturated carbocycles. The predicted molar refractivity (Wildman–Crippen MR) is 71.6 cm³/mol. The Labute approximate surface area is 112 Å². The Hall–Kier alpha value is -0.820. The third-order valence-corrected chi connectivity index (χ3v) is 3.51. The van der Waals surface area contributed by atoms with Gasteiger partial charge in [-0.25, -0.2) is 8.42 Å². The molecule has 0 fully saturated rings. The van der Waals surface area contributed by atoms with Gasteiger partial charge in [-0.3, -0.25) is 4.72 Å². The molecule has 1 rings (SSSR count). The van der Waals surface area contributed by atoms with Crippen LogP contribution in [0.25, 0.3) is 0 Å². The number of ether oxygens (including phenoxy) is 2. The molecule has 0 spiro atoms. The maximum absolute atomic E-state index is 11.7. The van der Waals surface area contributed by atoms with E-state index < -0.39 is 10.0 Å². The fourth-order valence-corrected chi connectivity index (χ4v) is 2.31. The average Bonchev–Trinajstić information content (AvgIpc) is 2.28. The predicted octanol–water partition coefficient (Wildman–Crippen LogP) is 1.74. The summed E-state index contributed by atoms with van der Waals surface area (Å²) in [5, 5.41) is 0.478. The first-order valence-corrected chi connectivity index (χ1v) is 7.39. The van der Waals surface area contributed by atoms with Crippen LogP contribution in [0.3, 0.4) is 0 Å². The van der Waals surface area contributed by atoms with Crippen LogP contribution in [-0.4, -0.2) is 41.1 Å². The highest BCUT2D eigenvalue weighted by molar-refractivity contribution is 7.92. The molecule has 0 atom stereocenters. The molecular formula is C11H16ClNO4S. The summed E-state index contributed by atoms with van der Waals surface area (Å²) in [5.41, 5.74) is 0.444. The summed E-state index contributed by atoms with van der Waals surface area (Å²) in [6.07, 6.45) is 0. The molecule has 0 unspecified atom stereocenters. The lowest BCUT2D eigenvalue weighted by Crippen LogP contribution is -2.20. The summed E-state index contributed by atoms with van der Waals surface area (Å²) in [6.45, 7) is 0.949. The molecule has 7 heteroatoms. The Kier molecular flexibility index (Phi) is 6.42. The quantitative estimate of drug-likeness (QED) is 0.742. The summed E-state index contributed by atoms with van der Waals surface area (Å²) < 4.78 is 35.7. The smallest absolute Gasteiger partial charge is 0.235 e. The maximum Gasteiger partial charge on any atom is 0.235 e. The van der Waals surface area contributed by atoms with Crippen molar-refractivity contribution in [1.29, 1.82) is 0 Å². The van der Waals surface area contributed by atoms with E-state index in [2.05, 4.69) is 4.72 Å². The summed E-state index contributed by atoms with van der Waals surface area (Å²) in [7, 11) is -1.86. The van der Waals surface area contributed by atoms with E-state index in [1.165, 1.54) is 0 Å². The van der Waals surface area contributed by atoms with Crippen molar-refractivity contribution in [3.63, 3.8) is 0 Å². The SMILES string of the molecule is COCCOCCS(=O)(=O)Nc1cccc(Cl)c1. The molecule has 0 amide bonds. The third-order valence-electron chi connectivity index (χ3n) is 2.03. The maximum atomic E-state index is 11.7. The van der Waals surface area contributed by atoms with Gasteiger partial charge < -0.3 is 9.47 Å². The fourth-order valence-electron chi connectivity index (χ4n) is 1.20. The Morgan fingerprint density at radius 1 is 1.28 bits per heavy atom. The minimum Gasteiger partial charge on any atom is -0.382 e. The lowest BCUT2D eigenvalue weighted by Gasteiger charge is -2.08. The molecular weight excluding hydrogens is 278 g/mol. The molecule has 102 valence electrons. The van der Waals surface area contributed by atoms with E-state index in [4.69, 9.17) is 21.1 Å². The first kappa shape index (κ1) is 15.2. The number of hydrogen-bond donors (Lipinski definition) is 1. The first-order chi connectivity index (χ1) is 8.53. The molecule has 5 nitrogen and oxygen atoms in total. The van der Waals surface area contributed by atoms with Crippen LogP contribution in [0.5, 0.6) is 0 Å². The van der Waals surface area contributed by atoms with E-state index in [0.29, 0.717) is 23.9 Å². The molecule has 0 aliphatic rings. The largest absolute Gasteiger partial charge is 0.382 e. The number of halogens is 1. The van der Waals surface area contributed by atoms with Crippen LogP contribution in [0.2, 0.25) is 5.02 Å². The van der Waals surface area contributed by atoms with Crippen molar-refractivity contribution in [3.8, 4) is 0 Å². The Morgan fingerprint density at radius 3 is 2.72 bits per heavy atom. The van der Waals surface area contributed by atoms with E-state index in [1.807, 2.05) is 0 Å². The number of methoxy groups -OCH3 is 1. The van der Waals surface area contributed by atoms with Gasteiger partial charge >= 0.3 is 0 Å². The van der Waals surface area contributed by atoms with Gasteiger partial charge in [-0.05, 0) is 18.2 Å². The minimum absolute atomic E-state index is 0.108. The number of nitrogens with one attached hydrogen (secondary N) is 1. The van der Waals surface area contributed by atoms with E-state index in [1.54, 1.807) is 31.4 Å². The van der Waals surface area contributed by atoms with Crippen molar-refractivity contribution in [3.05, 3.63) is 29.3 Å². The van der Waals surface area contributed by atoms with E-state index in [-0.39, 0.29) is 12.4 Å². The van der Waals surface area contributed by atoms with Gasteiger partial charge in [0.15, 0.2) is 0 Å². The van der Waals surface area contributed by atoms with Crippen LogP contribution in [-0.2, 0) is 19.5 Å². The van der Waals surface area contributed by atoms with Gasteiger partial charge in [0.1, 0.15) is 0 Å². The Balaban J connectivity index is 2.40. The Bertz CT molecular complexity index is 464. The second kappa shape index (κ2) is 7.58. The third kappa shape index (κ3) is 6.20. The van der Waals surface area contributed by atoms with Gasteiger partial charge in [-0.2, -0.15) is 0 Å². The molecule has 1 aromatic rings. The zero-order valence-electron chi connectivity index (χ0n) is 10.1. The van der Waals surface area contributed by atoms with Gasteiger partial charge in [0.2, 0.25) is 10.0 Å². The second-order valence-electron chi connectivity index (χ2n) is 3.54. The number of benzene rings is 1. The zero-order valence-corrected chi connectivity index (χ0v) is 11.6. The van der Waals surface area contributed by atoms with Crippen LogP contribution in [0.1, 0.15) is 0 Å². The van der Waals surface area contributed by atoms with Crippen molar-refractivity contribution in [2.75, 3.05) is 37.4 Å². The van der Waals surface area contributed by atoms with Crippen molar-refractivity contribution in [1.82, 2.24) is 0 Å². The molecule has 0 aliphatic heterocycles. The van der Waals surface area contributed by atoms with Crippen molar-refractivity contribution < 1.29 is 17.9 Å². The van der Waals surface area contributed by atoms with Crippen LogP contribution >= 0.6 is 11.6 Å². The number of anilines is 1. The molecule has 0 bridgehead atoms. The average molecular weight is 294 g/mol. The van der Waals surface area contributed by atoms with Crippen molar-refractivity contribution in [2.45, 2.75) is 0 Å². The van der Waals surface area contributed by atoms with E-state index >= 15 is 0 Å². The van der Waals surface area contributed by atoms with Gasteiger partial charge in [0.25, 0.3) is 0 Å². The summed E-state index contributed by atoms with van der Waals surface area (Å²) >= 11 is 5.76. The van der Waals surface area contributed by atoms with Gasteiger partial charge in [-0.15, -0.1) is 0 Å². The highest BCUT2D eigenvalue weighted by Crippen LogP contribution is 2.16. The number of hydrogen-bond acceptors (Lipinski definition) is 4. The van der Waals surface area contributed by atoms with Gasteiger partial charge in [-0.1, -0.05) is 17.7 Å². The second-order valence-corrected chi connectivity index (χ2v) is 5.81. The lowest BCUT2D eigenvalue weighted by atomic mass is 10.3. The molecule has 0 saturated heterocycles. The minimum atomic E-state index is -3.41.